The molecule has 6 heteroatoms. The number of anilines is 1. The highest BCUT2D eigenvalue weighted by Gasteiger charge is 2.04. The van der Waals surface area contributed by atoms with E-state index in [4.69, 9.17) is 5.73 Å². The van der Waals surface area contributed by atoms with Gasteiger partial charge in [-0.3, -0.25) is 9.78 Å². The number of H-pyrrole nitrogens is 1. The number of aryl methyl sites for hydroxylation is 1. The Kier molecular flexibility index (Phi) is 1.88. The summed E-state index contributed by atoms with van der Waals surface area (Å²) in [5.41, 5.74) is 6.28. The van der Waals surface area contributed by atoms with Crippen LogP contribution in [0, 0.1) is 0 Å². The standard InChI is InChI=1S/C8H9N5O/c1-2-4-3-10-6-5(11-4)7(14)13-8(9)12-6/h3H,2H2,1H3,(H3,9,10,12,13,14). The van der Waals surface area contributed by atoms with Gasteiger partial charge in [-0.2, -0.15) is 4.98 Å². The van der Waals surface area contributed by atoms with Gasteiger partial charge in [-0.05, 0) is 6.42 Å². The molecule has 3 N–H and O–H groups in total. The first-order chi connectivity index (χ1) is 6.70. The Morgan fingerprint density at radius 2 is 2.29 bits per heavy atom. The van der Waals surface area contributed by atoms with Gasteiger partial charge >= 0.3 is 0 Å². The molecule has 2 rings (SSSR count). The third-order valence-corrected chi connectivity index (χ3v) is 1.85. The maximum atomic E-state index is 11.4. The predicted octanol–water partition coefficient (Wildman–Crippen LogP) is -0.142. The van der Waals surface area contributed by atoms with Crippen LogP contribution in [0.4, 0.5) is 5.95 Å². The number of hydrogen-bond acceptors (Lipinski definition) is 5. The molecule has 0 amide bonds. The van der Waals surface area contributed by atoms with Crippen molar-refractivity contribution < 1.29 is 0 Å². The van der Waals surface area contributed by atoms with Gasteiger partial charge in [0.05, 0.1) is 11.9 Å². The van der Waals surface area contributed by atoms with E-state index in [1.807, 2.05) is 6.92 Å². The van der Waals surface area contributed by atoms with Crippen LogP contribution in [-0.2, 0) is 6.42 Å². The molecule has 0 fully saturated rings. The third kappa shape index (κ3) is 1.30. The highest BCUT2D eigenvalue weighted by Crippen LogP contribution is 2.02. The topological polar surface area (TPSA) is 97.5 Å². The van der Waals surface area contributed by atoms with Crippen LogP contribution in [0.3, 0.4) is 0 Å². The molecule has 14 heavy (non-hydrogen) atoms. The monoisotopic (exact) mass is 191 g/mol. The van der Waals surface area contributed by atoms with E-state index in [-0.39, 0.29) is 22.7 Å². The molecule has 0 aromatic carbocycles. The minimum Gasteiger partial charge on any atom is -0.369 e. The summed E-state index contributed by atoms with van der Waals surface area (Å²) >= 11 is 0. The molecule has 0 aliphatic rings. The minimum atomic E-state index is -0.352. The number of hydrogen-bond donors (Lipinski definition) is 2. The van der Waals surface area contributed by atoms with Crippen molar-refractivity contribution in [3.8, 4) is 0 Å². The summed E-state index contributed by atoms with van der Waals surface area (Å²) in [5.74, 6) is 0.0565. The summed E-state index contributed by atoms with van der Waals surface area (Å²) in [6, 6.07) is 0. The number of aromatic amines is 1. The molecule has 0 unspecified atom stereocenters. The van der Waals surface area contributed by atoms with Crippen molar-refractivity contribution >= 4 is 17.1 Å². The van der Waals surface area contributed by atoms with E-state index in [1.54, 1.807) is 6.20 Å². The summed E-state index contributed by atoms with van der Waals surface area (Å²) in [6.45, 7) is 1.94. The van der Waals surface area contributed by atoms with Crippen molar-refractivity contribution in [3.63, 3.8) is 0 Å². The molecule has 2 aromatic rings. The van der Waals surface area contributed by atoms with E-state index < -0.39 is 0 Å². The average Bonchev–Trinajstić information content (AvgIpc) is 2.17. The molecular formula is C8H9N5O. The van der Waals surface area contributed by atoms with Crippen molar-refractivity contribution in [1.82, 2.24) is 19.9 Å². The number of nitrogens with zero attached hydrogens (tertiary/aromatic N) is 3. The lowest BCUT2D eigenvalue weighted by atomic mass is 10.3. The zero-order valence-corrected chi connectivity index (χ0v) is 7.61. The average molecular weight is 191 g/mol. The lowest BCUT2D eigenvalue weighted by molar-refractivity contribution is 1.01. The van der Waals surface area contributed by atoms with Gasteiger partial charge in [-0.25, -0.2) is 9.97 Å². The summed E-state index contributed by atoms with van der Waals surface area (Å²) in [5, 5.41) is 0. The lowest BCUT2D eigenvalue weighted by Gasteiger charge is -1.98. The molecule has 0 aliphatic carbocycles. The Hall–Kier alpha value is -1.98. The van der Waals surface area contributed by atoms with Gasteiger partial charge in [0.1, 0.15) is 0 Å². The normalized spacial score (nSPS) is 10.6. The molecule has 0 saturated carbocycles. The summed E-state index contributed by atoms with van der Waals surface area (Å²) < 4.78 is 0. The van der Waals surface area contributed by atoms with Crippen LogP contribution in [0.2, 0.25) is 0 Å². The van der Waals surface area contributed by atoms with Crippen LogP contribution < -0.4 is 11.3 Å². The third-order valence-electron chi connectivity index (χ3n) is 1.85. The van der Waals surface area contributed by atoms with Gasteiger partial charge < -0.3 is 5.73 Å². The van der Waals surface area contributed by atoms with Gasteiger partial charge in [0.25, 0.3) is 5.56 Å². The summed E-state index contributed by atoms with van der Waals surface area (Å²) in [4.78, 5) is 25.7. The second kappa shape index (κ2) is 3.06. The Labute approximate surface area is 79.2 Å². The van der Waals surface area contributed by atoms with Gasteiger partial charge in [0.15, 0.2) is 11.2 Å². The zero-order chi connectivity index (χ0) is 10.1. The molecule has 0 radical (unpaired) electrons. The lowest BCUT2D eigenvalue weighted by Crippen LogP contribution is -2.14. The van der Waals surface area contributed by atoms with E-state index >= 15 is 0 Å². The van der Waals surface area contributed by atoms with Crippen LogP contribution in [-0.4, -0.2) is 19.9 Å². The Morgan fingerprint density at radius 1 is 1.50 bits per heavy atom. The SMILES string of the molecule is CCc1cnc2nc(N)[nH]c(=O)c2n1. The number of nitrogens with one attached hydrogen (secondary N) is 1. The van der Waals surface area contributed by atoms with Crippen LogP contribution in [0.15, 0.2) is 11.0 Å². The van der Waals surface area contributed by atoms with Crippen LogP contribution in [0.25, 0.3) is 11.2 Å². The second-order valence-electron chi connectivity index (χ2n) is 2.84. The highest BCUT2D eigenvalue weighted by molar-refractivity contribution is 5.69. The molecule has 0 spiro atoms. The Bertz CT molecular complexity index is 533. The molecule has 0 saturated heterocycles. The fourth-order valence-corrected chi connectivity index (χ4v) is 1.14. The number of fused-ring (bicyclic) bond motifs is 1. The number of aromatic nitrogens is 4. The highest BCUT2D eigenvalue weighted by atomic mass is 16.1. The summed E-state index contributed by atoms with van der Waals surface area (Å²) in [6.07, 6.45) is 2.32. The molecule has 6 nitrogen and oxygen atoms in total. The Balaban J connectivity index is 2.82. The Morgan fingerprint density at radius 3 is 3.00 bits per heavy atom. The maximum absolute atomic E-state index is 11.4. The predicted molar refractivity (Wildman–Crippen MR) is 51.7 cm³/mol. The van der Waals surface area contributed by atoms with Crippen LogP contribution >= 0.6 is 0 Å². The van der Waals surface area contributed by atoms with E-state index in [2.05, 4.69) is 19.9 Å². The first-order valence-electron chi connectivity index (χ1n) is 4.22. The largest absolute Gasteiger partial charge is 0.369 e. The van der Waals surface area contributed by atoms with Crippen molar-refractivity contribution in [1.29, 1.82) is 0 Å². The van der Waals surface area contributed by atoms with Gasteiger partial charge in [0.2, 0.25) is 5.95 Å². The molecule has 0 bridgehead atoms. The minimum absolute atomic E-state index is 0.0565. The van der Waals surface area contributed by atoms with E-state index in [0.717, 1.165) is 12.1 Å². The number of nitrogens with two attached hydrogens (primary N) is 1. The fraction of sp³-hybridized carbons (Fsp3) is 0.250. The van der Waals surface area contributed by atoms with Gasteiger partial charge in [0, 0.05) is 0 Å². The number of rotatable bonds is 1. The van der Waals surface area contributed by atoms with Crippen LogP contribution in [0.1, 0.15) is 12.6 Å². The molecule has 72 valence electrons. The van der Waals surface area contributed by atoms with Crippen molar-refractivity contribution in [2.24, 2.45) is 0 Å². The van der Waals surface area contributed by atoms with E-state index in [1.165, 1.54) is 0 Å². The van der Waals surface area contributed by atoms with E-state index in [0.29, 0.717) is 0 Å². The fourth-order valence-electron chi connectivity index (χ4n) is 1.14. The molecule has 2 heterocycles. The zero-order valence-electron chi connectivity index (χ0n) is 7.61. The molecule has 0 atom stereocenters. The molecule has 2 aromatic heterocycles. The molecule has 0 aliphatic heterocycles. The van der Waals surface area contributed by atoms with Gasteiger partial charge in [-0.15, -0.1) is 0 Å². The number of nitrogen functional groups attached to an aromatic ring is 1. The van der Waals surface area contributed by atoms with Crippen molar-refractivity contribution in [3.05, 3.63) is 22.2 Å². The van der Waals surface area contributed by atoms with Gasteiger partial charge in [-0.1, -0.05) is 6.92 Å². The maximum Gasteiger partial charge on any atom is 0.280 e. The first-order valence-corrected chi connectivity index (χ1v) is 4.22. The van der Waals surface area contributed by atoms with Crippen molar-refractivity contribution in [2.75, 3.05) is 5.73 Å². The van der Waals surface area contributed by atoms with Crippen molar-refractivity contribution in [2.45, 2.75) is 13.3 Å². The second-order valence-corrected chi connectivity index (χ2v) is 2.84. The summed E-state index contributed by atoms with van der Waals surface area (Å²) in [7, 11) is 0. The van der Waals surface area contributed by atoms with Crippen LogP contribution in [0.5, 0.6) is 0 Å². The quantitative estimate of drug-likeness (QED) is 0.653. The molecular weight excluding hydrogens is 182 g/mol. The first kappa shape index (κ1) is 8.61. The van der Waals surface area contributed by atoms with E-state index in [9.17, 15) is 4.79 Å². The smallest absolute Gasteiger partial charge is 0.280 e.